The number of carbonyl (C=O) groups is 2. The zero-order valence-corrected chi connectivity index (χ0v) is 14.5. The van der Waals surface area contributed by atoms with Gasteiger partial charge in [-0.05, 0) is 24.8 Å². The molecule has 2 amide bonds. The molecule has 2 rings (SSSR count). The first-order chi connectivity index (χ1) is 11.0. The summed E-state index contributed by atoms with van der Waals surface area (Å²) in [7, 11) is 0. The van der Waals surface area contributed by atoms with Gasteiger partial charge in [-0.1, -0.05) is 43.7 Å². The molecule has 4 heteroatoms. The Hall–Kier alpha value is -1.84. The summed E-state index contributed by atoms with van der Waals surface area (Å²) in [6.07, 6.45) is 1.93. The van der Waals surface area contributed by atoms with Crippen LogP contribution in [0.2, 0.25) is 0 Å². The quantitative estimate of drug-likeness (QED) is 0.838. The molecule has 0 bridgehead atoms. The molecule has 23 heavy (non-hydrogen) atoms. The topological polar surface area (TPSA) is 40.6 Å². The van der Waals surface area contributed by atoms with Crippen molar-refractivity contribution in [3.63, 3.8) is 0 Å². The number of piperazine rings is 1. The van der Waals surface area contributed by atoms with E-state index in [9.17, 15) is 9.59 Å². The van der Waals surface area contributed by atoms with Crippen LogP contribution in [0.5, 0.6) is 0 Å². The maximum atomic E-state index is 12.3. The lowest BCUT2D eigenvalue weighted by Crippen LogP contribution is -2.50. The minimum Gasteiger partial charge on any atom is -0.339 e. The summed E-state index contributed by atoms with van der Waals surface area (Å²) in [5, 5.41) is 0. The Morgan fingerprint density at radius 1 is 1.04 bits per heavy atom. The first-order valence-electron chi connectivity index (χ1n) is 8.57. The summed E-state index contributed by atoms with van der Waals surface area (Å²) in [4.78, 5) is 28.2. The number of hydrogen-bond donors (Lipinski definition) is 0. The molecular weight excluding hydrogens is 288 g/mol. The van der Waals surface area contributed by atoms with Gasteiger partial charge >= 0.3 is 0 Å². The van der Waals surface area contributed by atoms with E-state index in [0.29, 0.717) is 44.9 Å². The molecule has 0 atom stereocenters. The molecule has 1 aliphatic heterocycles. The van der Waals surface area contributed by atoms with Crippen molar-refractivity contribution in [1.82, 2.24) is 9.80 Å². The van der Waals surface area contributed by atoms with Gasteiger partial charge in [0.05, 0.1) is 0 Å². The molecule has 1 fully saturated rings. The van der Waals surface area contributed by atoms with Crippen LogP contribution in [0.3, 0.4) is 0 Å². The Morgan fingerprint density at radius 3 is 2.22 bits per heavy atom. The van der Waals surface area contributed by atoms with Crippen molar-refractivity contribution in [2.24, 2.45) is 5.92 Å². The molecule has 0 aromatic heterocycles. The third kappa shape index (κ3) is 5.38. The number of amides is 2. The normalized spacial score (nSPS) is 15.1. The molecule has 1 saturated heterocycles. The maximum Gasteiger partial charge on any atom is 0.223 e. The Balaban J connectivity index is 1.76. The van der Waals surface area contributed by atoms with E-state index in [2.05, 4.69) is 39.0 Å². The molecule has 1 aliphatic rings. The lowest BCUT2D eigenvalue weighted by atomic mass is 10.1. The highest BCUT2D eigenvalue weighted by Crippen LogP contribution is 2.11. The predicted molar refractivity (Wildman–Crippen MR) is 92.1 cm³/mol. The molecule has 0 spiro atoms. The van der Waals surface area contributed by atoms with Crippen LogP contribution in [-0.4, -0.2) is 47.8 Å². The van der Waals surface area contributed by atoms with E-state index in [4.69, 9.17) is 0 Å². The summed E-state index contributed by atoms with van der Waals surface area (Å²) >= 11 is 0. The second-order valence-electron chi connectivity index (χ2n) is 6.85. The smallest absolute Gasteiger partial charge is 0.223 e. The highest BCUT2D eigenvalue weighted by molar-refractivity contribution is 5.78. The summed E-state index contributed by atoms with van der Waals surface area (Å²) in [6, 6.07) is 8.31. The van der Waals surface area contributed by atoms with Gasteiger partial charge in [0.2, 0.25) is 11.8 Å². The largest absolute Gasteiger partial charge is 0.339 e. The van der Waals surface area contributed by atoms with Gasteiger partial charge in [0.1, 0.15) is 0 Å². The van der Waals surface area contributed by atoms with Crippen LogP contribution in [0.1, 0.15) is 37.8 Å². The first-order valence-corrected chi connectivity index (χ1v) is 8.57. The highest BCUT2D eigenvalue weighted by atomic mass is 16.2. The minimum absolute atomic E-state index is 0.197. The second kappa shape index (κ2) is 8.14. The Morgan fingerprint density at radius 2 is 1.65 bits per heavy atom. The van der Waals surface area contributed by atoms with Crippen molar-refractivity contribution >= 4 is 11.8 Å². The van der Waals surface area contributed by atoms with Crippen LogP contribution >= 0.6 is 0 Å². The molecule has 0 aliphatic carbocycles. The summed E-state index contributed by atoms with van der Waals surface area (Å²) in [5.74, 6) is 0.797. The van der Waals surface area contributed by atoms with E-state index < -0.39 is 0 Å². The molecule has 4 nitrogen and oxygen atoms in total. The zero-order valence-electron chi connectivity index (χ0n) is 14.5. The van der Waals surface area contributed by atoms with Crippen LogP contribution in [0, 0.1) is 12.8 Å². The Bertz CT molecular complexity index is 546. The summed E-state index contributed by atoms with van der Waals surface area (Å²) in [6.45, 7) is 8.85. The fourth-order valence-corrected chi connectivity index (χ4v) is 2.96. The van der Waals surface area contributed by atoms with Gasteiger partial charge in [-0.3, -0.25) is 9.59 Å². The fraction of sp³-hybridized carbons (Fsp3) is 0.579. The Kier molecular flexibility index (Phi) is 6.20. The molecule has 0 radical (unpaired) electrons. The number of carbonyl (C=O) groups excluding carboxylic acids is 2. The molecule has 1 aromatic rings. The standard InChI is InChI=1S/C19H28N2O2/c1-15(2)13-19(23)21-11-9-20(10-12-21)18(22)8-7-17-6-4-5-16(3)14-17/h4-6,14-15H,7-13H2,1-3H3. The first kappa shape index (κ1) is 17.5. The average Bonchev–Trinajstić information content (AvgIpc) is 2.52. The monoisotopic (exact) mass is 316 g/mol. The zero-order chi connectivity index (χ0) is 16.8. The number of hydrogen-bond acceptors (Lipinski definition) is 2. The van der Waals surface area contributed by atoms with Gasteiger partial charge in [-0.2, -0.15) is 0 Å². The van der Waals surface area contributed by atoms with E-state index >= 15 is 0 Å². The van der Waals surface area contributed by atoms with E-state index in [0.717, 1.165) is 6.42 Å². The van der Waals surface area contributed by atoms with Gasteiger partial charge in [-0.25, -0.2) is 0 Å². The van der Waals surface area contributed by atoms with Gasteiger partial charge in [0, 0.05) is 39.0 Å². The second-order valence-corrected chi connectivity index (χ2v) is 6.85. The molecule has 0 unspecified atom stereocenters. The SMILES string of the molecule is Cc1cccc(CCC(=O)N2CCN(C(=O)CC(C)C)CC2)c1. The highest BCUT2D eigenvalue weighted by Gasteiger charge is 2.24. The molecule has 1 aromatic carbocycles. The van der Waals surface area contributed by atoms with Crippen LogP contribution < -0.4 is 0 Å². The molecule has 1 heterocycles. The van der Waals surface area contributed by atoms with Crippen molar-refractivity contribution < 1.29 is 9.59 Å². The number of rotatable bonds is 5. The van der Waals surface area contributed by atoms with Crippen molar-refractivity contribution in [3.8, 4) is 0 Å². The fourth-order valence-electron chi connectivity index (χ4n) is 2.96. The van der Waals surface area contributed by atoms with Crippen LogP contribution in [-0.2, 0) is 16.0 Å². The minimum atomic E-state index is 0.197. The van der Waals surface area contributed by atoms with Crippen molar-refractivity contribution in [2.75, 3.05) is 26.2 Å². The van der Waals surface area contributed by atoms with Crippen molar-refractivity contribution in [1.29, 1.82) is 0 Å². The van der Waals surface area contributed by atoms with E-state index in [1.54, 1.807) is 0 Å². The van der Waals surface area contributed by atoms with Gasteiger partial charge in [0.25, 0.3) is 0 Å². The van der Waals surface area contributed by atoms with Gasteiger partial charge < -0.3 is 9.80 Å². The predicted octanol–water partition coefficient (Wildman–Crippen LogP) is 2.64. The van der Waals surface area contributed by atoms with Gasteiger partial charge in [-0.15, -0.1) is 0 Å². The van der Waals surface area contributed by atoms with Crippen molar-refractivity contribution in [3.05, 3.63) is 35.4 Å². The molecule has 0 N–H and O–H groups in total. The molecule has 0 saturated carbocycles. The summed E-state index contributed by atoms with van der Waals surface area (Å²) in [5.41, 5.74) is 2.44. The molecular formula is C19H28N2O2. The van der Waals surface area contributed by atoms with E-state index in [1.165, 1.54) is 11.1 Å². The van der Waals surface area contributed by atoms with E-state index in [-0.39, 0.29) is 11.8 Å². The third-order valence-electron chi connectivity index (χ3n) is 4.28. The molecule has 126 valence electrons. The van der Waals surface area contributed by atoms with Crippen LogP contribution in [0.15, 0.2) is 24.3 Å². The van der Waals surface area contributed by atoms with Crippen molar-refractivity contribution in [2.45, 2.75) is 40.0 Å². The average molecular weight is 316 g/mol. The third-order valence-corrected chi connectivity index (χ3v) is 4.28. The lowest BCUT2D eigenvalue weighted by molar-refractivity contribution is -0.140. The summed E-state index contributed by atoms with van der Waals surface area (Å²) < 4.78 is 0. The maximum absolute atomic E-state index is 12.3. The number of nitrogens with zero attached hydrogens (tertiary/aromatic N) is 2. The number of aryl methyl sites for hydroxylation is 2. The van der Waals surface area contributed by atoms with Gasteiger partial charge in [0.15, 0.2) is 0 Å². The van der Waals surface area contributed by atoms with Crippen LogP contribution in [0.25, 0.3) is 0 Å². The van der Waals surface area contributed by atoms with Crippen LogP contribution in [0.4, 0.5) is 0 Å². The number of benzene rings is 1. The lowest BCUT2D eigenvalue weighted by Gasteiger charge is -2.35. The van der Waals surface area contributed by atoms with E-state index in [1.807, 2.05) is 15.9 Å². The Labute approximate surface area is 139 Å².